The molecule has 3 heterocycles. The number of amidine groups is 2. The third-order valence-electron chi connectivity index (χ3n) is 5.25. The third-order valence-corrected chi connectivity index (χ3v) is 10.2. The Kier molecular flexibility index (Phi) is 6.43. The second-order valence-corrected chi connectivity index (χ2v) is 11.9. The Morgan fingerprint density at radius 1 is 0.824 bits per heavy atom. The Hall–Kier alpha value is -2.73. The number of likely N-dealkylation sites (N-methyl/N-ethyl adjacent to an activating group) is 2. The fraction of sp³-hybridized carbons (Fsp3) is 0.174. The second kappa shape index (κ2) is 9.49. The summed E-state index contributed by atoms with van der Waals surface area (Å²) in [6.45, 7) is 0. The van der Waals surface area contributed by atoms with Crippen LogP contribution in [0.15, 0.2) is 58.3 Å². The SMILES string of the molecule is CN1C(=N)C(=C(SCc2nc3ccccc3s2)SCc2nc3ccccc3s2)C(=N)N(C)C1=O. The van der Waals surface area contributed by atoms with E-state index in [-0.39, 0.29) is 17.7 Å². The zero-order valence-electron chi connectivity index (χ0n) is 18.4. The molecule has 2 aromatic carbocycles. The van der Waals surface area contributed by atoms with Gasteiger partial charge in [0.25, 0.3) is 0 Å². The van der Waals surface area contributed by atoms with E-state index in [1.54, 1.807) is 60.3 Å². The van der Waals surface area contributed by atoms with Gasteiger partial charge < -0.3 is 0 Å². The Morgan fingerprint density at radius 2 is 1.26 bits per heavy atom. The number of thioether (sulfide) groups is 2. The van der Waals surface area contributed by atoms with E-state index in [1.807, 2.05) is 36.4 Å². The lowest BCUT2D eigenvalue weighted by molar-refractivity contribution is 0.208. The predicted octanol–water partition coefficient (Wildman–Crippen LogP) is 6.24. The van der Waals surface area contributed by atoms with E-state index in [1.165, 1.54) is 9.80 Å². The van der Waals surface area contributed by atoms with Crippen LogP contribution in [-0.4, -0.2) is 51.6 Å². The van der Waals surface area contributed by atoms with Crippen LogP contribution in [0.4, 0.5) is 4.79 Å². The lowest BCUT2D eigenvalue weighted by Crippen LogP contribution is -2.52. The highest BCUT2D eigenvalue weighted by molar-refractivity contribution is 8.21. The van der Waals surface area contributed by atoms with Crippen LogP contribution < -0.4 is 0 Å². The first-order valence-electron chi connectivity index (χ1n) is 10.3. The average Bonchev–Trinajstić information content (AvgIpc) is 3.46. The molecule has 2 N–H and O–H groups in total. The number of carbonyl (C=O) groups is 1. The van der Waals surface area contributed by atoms with E-state index in [9.17, 15) is 4.79 Å². The number of amides is 2. The Balaban J connectivity index is 1.46. The first-order chi connectivity index (χ1) is 16.4. The molecule has 0 aliphatic carbocycles. The Bertz CT molecular complexity index is 1300. The lowest BCUT2D eigenvalue weighted by atomic mass is 10.2. The van der Waals surface area contributed by atoms with E-state index in [0.717, 1.165) is 34.7 Å². The van der Waals surface area contributed by atoms with Gasteiger partial charge in [-0.1, -0.05) is 24.3 Å². The number of nitrogens with zero attached hydrogens (tertiary/aromatic N) is 4. The number of carbonyl (C=O) groups excluding carboxylic acids is 1. The third kappa shape index (κ3) is 4.36. The molecule has 172 valence electrons. The van der Waals surface area contributed by atoms with Gasteiger partial charge in [0.1, 0.15) is 21.7 Å². The van der Waals surface area contributed by atoms with E-state index < -0.39 is 0 Å². The monoisotopic (exact) mass is 524 g/mol. The lowest BCUT2D eigenvalue weighted by Gasteiger charge is -2.34. The van der Waals surface area contributed by atoms with Crippen molar-refractivity contribution in [3.63, 3.8) is 0 Å². The average molecular weight is 525 g/mol. The zero-order chi connectivity index (χ0) is 23.8. The number of urea groups is 1. The van der Waals surface area contributed by atoms with Crippen molar-refractivity contribution >= 4 is 84.3 Å². The van der Waals surface area contributed by atoms with Crippen molar-refractivity contribution in [2.75, 3.05) is 14.1 Å². The highest BCUT2D eigenvalue weighted by Gasteiger charge is 2.35. The smallest absolute Gasteiger partial charge is 0.284 e. The molecule has 2 aromatic heterocycles. The molecule has 0 unspecified atom stereocenters. The van der Waals surface area contributed by atoms with Crippen LogP contribution in [0.2, 0.25) is 0 Å². The molecule has 5 rings (SSSR count). The van der Waals surface area contributed by atoms with E-state index in [2.05, 4.69) is 12.1 Å². The fourth-order valence-electron chi connectivity index (χ4n) is 3.46. The minimum atomic E-state index is -0.384. The fourth-order valence-corrected chi connectivity index (χ4v) is 7.81. The van der Waals surface area contributed by atoms with Crippen LogP contribution in [0.5, 0.6) is 0 Å². The van der Waals surface area contributed by atoms with Gasteiger partial charge in [-0.15, -0.1) is 46.2 Å². The summed E-state index contributed by atoms with van der Waals surface area (Å²) in [6.07, 6.45) is 0. The molecule has 0 bridgehead atoms. The minimum Gasteiger partial charge on any atom is -0.284 e. The summed E-state index contributed by atoms with van der Waals surface area (Å²) in [7, 11) is 3.14. The summed E-state index contributed by atoms with van der Waals surface area (Å²) in [5.74, 6) is 1.31. The summed E-state index contributed by atoms with van der Waals surface area (Å²) in [5.41, 5.74) is 2.41. The second-order valence-electron chi connectivity index (χ2n) is 7.49. The number of hydrogen-bond donors (Lipinski definition) is 2. The van der Waals surface area contributed by atoms with Crippen molar-refractivity contribution in [3.8, 4) is 0 Å². The molecule has 1 fully saturated rings. The molecule has 11 heteroatoms. The topological polar surface area (TPSA) is 97.0 Å². The van der Waals surface area contributed by atoms with Gasteiger partial charge in [0, 0.05) is 14.1 Å². The standard InChI is InChI=1S/C23H20N6OS4/c1-28-20(24)19(21(25)29(2)23(28)30)22(31-11-17-26-13-7-3-5-9-15(13)33-17)32-12-18-27-14-8-4-6-10-16(14)34-18/h3-10,24-25H,11-12H2,1-2H3. The van der Waals surface area contributed by atoms with Crippen molar-refractivity contribution in [1.29, 1.82) is 10.8 Å². The quantitative estimate of drug-likeness (QED) is 0.311. The number of thiazole rings is 2. The maximum absolute atomic E-state index is 12.4. The number of aromatic nitrogens is 2. The van der Waals surface area contributed by atoms with Gasteiger partial charge in [-0.2, -0.15) is 0 Å². The Labute approximate surface area is 212 Å². The van der Waals surface area contributed by atoms with Gasteiger partial charge in [-0.25, -0.2) is 14.8 Å². The first-order valence-corrected chi connectivity index (χ1v) is 13.9. The van der Waals surface area contributed by atoms with Crippen LogP contribution in [0.25, 0.3) is 20.4 Å². The zero-order valence-corrected chi connectivity index (χ0v) is 21.6. The van der Waals surface area contributed by atoms with Crippen LogP contribution in [0, 0.1) is 10.8 Å². The molecule has 1 saturated heterocycles. The van der Waals surface area contributed by atoms with Crippen molar-refractivity contribution in [3.05, 3.63) is 68.4 Å². The molecule has 0 atom stereocenters. The highest BCUT2D eigenvalue weighted by Crippen LogP contribution is 2.40. The largest absolute Gasteiger partial charge is 0.330 e. The van der Waals surface area contributed by atoms with E-state index in [4.69, 9.17) is 20.8 Å². The maximum Gasteiger partial charge on any atom is 0.330 e. The van der Waals surface area contributed by atoms with Gasteiger partial charge in [0.15, 0.2) is 0 Å². The van der Waals surface area contributed by atoms with Gasteiger partial charge in [-0.05, 0) is 24.3 Å². The Morgan fingerprint density at radius 3 is 1.71 bits per heavy atom. The molecule has 2 amide bonds. The van der Waals surface area contributed by atoms with Crippen LogP contribution >= 0.6 is 46.2 Å². The van der Waals surface area contributed by atoms with Crippen molar-refractivity contribution < 1.29 is 4.79 Å². The summed E-state index contributed by atoms with van der Waals surface area (Å²) >= 11 is 6.41. The van der Waals surface area contributed by atoms with E-state index in [0.29, 0.717) is 17.1 Å². The van der Waals surface area contributed by atoms with Crippen LogP contribution in [-0.2, 0) is 11.5 Å². The first kappa shape index (κ1) is 23.0. The molecular formula is C23H20N6OS4. The molecule has 4 aromatic rings. The normalized spacial score (nSPS) is 14.6. The number of nitrogens with one attached hydrogen (secondary N) is 2. The van der Waals surface area contributed by atoms with Gasteiger partial charge >= 0.3 is 6.03 Å². The number of fused-ring (bicyclic) bond motifs is 2. The molecule has 1 aliphatic rings. The molecule has 0 radical (unpaired) electrons. The predicted molar refractivity (Wildman–Crippen MR) is 145 cm³/mol. The molecular weight excluding hydrogens is 505 g/mol. The summed E-state index contributed by atoms with van der Waals surface area (Å²) in [5, 5.41) is 19.2. The van der Waals surface area contributed by atoms with Crippen LogP contribution in [0.1, 0.15) is 10.0 Å². The highest BCUT2D eigenvalue weighted by atomic mass is 32.2. The summed E-state index contributed by atoms with van der Waals surface area (Å²) < 4.78 is 3.09. The molecule has 7 nitrogen and oxygen atoms in total. The number of rotatable bonds is 6. The maximum atomic E-state index is 12.4. The van der Waals surface area contributed by atoms with Crippen LogP contribution in [0.3, 0.4) is 0 Å². The van der Waals surface area contributed by atoms with E-state index >= 15 is 0 Å². The van der Waals surface area contributed by atoms with Gasteiger partial charge in [0.2, 0.25) is 0 Å². The summed E-state index contributed by atoms with van der Waals surface area (Å²) in [4.78, 5) is 24.4. The number of para-hydroxylation sites is 2. The van der Waals surface area contributed by atoms with Crippen molar-refractivity contribution in [2.24, 2.45) is 0 Å². The molecule has 0 spiro atoms. The number of benzene rings is 2. The molecule has 0 saturated carbocycles. The van der Waals surface area contributed by atoms with Gasteiger partial charge in [-0.3, -0.25) is 20.6 Å². The number of hydrogen-bond acceptors (Lipinski definition) is 9. The van der Waals surface area contributed by atoms with Crippen molar-refractivity contribution in [2.45, 2.75) is 11.5 Å². The van der Waals surface area contributed by atoms with Gasteiger partial charge in [0.05, 0.1) is 41.7 Å². The summed E-state index contributed by atoms with van der Waals surface area (Å²) in [6, 6.07) is 15.7. The molecule has 1 aliphatic heterocycles. The molecule has 34 heavy (non-hydrogen) atoms. The minimum absolute atomic E-state index is 0.0386. The van der Waals surface area contributed by atoms with Crippen molar-refractivity contribution in [1.82, 2.24) is 19.8 Å².